The number of nitrogens with one attached hydrogen (secondary N) is 1. The van der Waals surface area contributed by atoms with Crippen LogP contribution in [-0.4, -0.2) is 51.4 Å². The summed E-state index contributed by atoms with van der Waals surface area (Å²) in [5.41, 5.74) is 0.136. The lowest BCUT2D eigenvalue weighted by Gasteiger charge is -2.40. The highest BCUT2D eigenvalue weighted by Crippen LogP contribution is 2.24. The van der Waals surface area contributed by atoms with Gasteiger partial charge in [0.1, 0.15) is 11.5 Å². The lowest BCUT2D eigenvalue weighted by molar-refractivity contribution is -0.131. The molecule has 1 amide bonds. The molecule has 0 saturated carbocycles. The number of hydrogen-bond acceptors (Lipinski definition) is 5. The molecule has 2 aromatic heterocycles. The van der Waals surface area contributed by atoms with Crippen LogP contribution in [0.15, 0.2) is 23.1 Å². The van der Waals surface area contributed by atoms with Crippen LogP contribution in [0.25, 0.3) is 11.0 Å². The summed E-state index contributed by atoms with van der Waals surface area (Å²) in [4.78, 5) is 38.6. The number of anilines is 1. The van der Waals surface area contributed by atoms with Crippen molar-refractivity contribution in [1.29, 1.82) is 0 Å². The zero-order valence-corrected chi connectivity index (χ0v) is 12.7. The molecule has 1 fully saturated rings. The Labute approximate surface area is 128 Å². The maximum Gasteiger partial charge on any atom is 0.348 e. The van der Waals surface area contributed by atoms with Crippen molar-refractivity contribution in [2.45, 2.75) is 26.3 Å². The highest BCUT2D eigenvalue weighted by molar-refractivity contribution is 5.86. The van der Waals surface area contributed by atoms with Crippen LogP contribution in [0.1, 0.15) is 20.3 Å². The van der Waals surface area contributed by atoms with Crippen LogP contribution in [0, 0.1) is 0 Å². The van der Waals surface area contributed by atoms with Gasteiger partial charge in [-0.1, -0.05) is 6.92 Å². The summed E-state index contributed by atoms with van der Waals surface area (Å²) in [5.74, 6) is 0.805. The second kappa shape index (κ2) is 5.75. The quantitative estimate of drug-likeness (QED) is 0.886. The van der Waals surface area contributed by atoms with Crippen molar-refractivity contribution in [1.82, 2.24) is 19.9 Å². The number of aromatic amines is 1. The standard InChI is InChI=1S/C15H19N5O2/c1-3-12(21)19-7-8-20(10(2)9-19)14-11-5-4-6-16-13(11)17-15(22)18-14/h4-6,10H,3,7-9H2,1-2H3,(H,16,17,18,22)/t10-/m0/s1. The van der Waals surface area contributed by atoms with Gasteiger partial charge in [-0.25, -0.2) is 9.78 Å². The van der Waals surface area contributed by atoms with E-state index in [-0.39, 0.29) is 11.9 Å². The molecular formula is C15H19N5O2. The predicted molar refractivity (Wildman–Crippen MR) is 83.8 cm³/mol. The van der Waals surface area contributed by atoms with E-state index in [4.69, 9.17) is 0 Å². The van der Waals surface area contributed by atoms with Gasteiger partial charge in [0.15, 0.2) is 0 Å². The molecule has 7 nitrogen and oxygen atoms in total. The summed E-state index contributed by atoms with van der Waals surface area (Å²) < 4.78 is 0. The molecule has 0 bridgehead atoms. The van der Waals surface area contributed by atoms with E-state index in [2.05, 4.69) is 19.9 Å². The molecular weight excluding hydrogens is 282 g/mol. The lowest BCUT2D eigenvalue weighted by Crippen LogP contribution is -2.54. The van der Waals surface area contributed by atoms with E-state index < -0.39 is 5.69 Å². The van der Waals surface area contributed by atoms with Crippen LogP contribution in [0.4, 0.5) is 5.82 Å². The minimum atomic E-state index is -0.402. The average molecular weight is 301 g/mol. The highest BCUT2D eigenvalue weighted by atomic mass is 16.2. The third-order valence-corrected chi connectivity index (χ3v) is 4.04. The molecule has 0 unspecified atom stereocenters. The van der Waals surface area contributed by atoms with Crippen molar-refractivity contribution >= 4 is 22.8 Å². The van der Waals surface area contributed by atoms with Crippen LogP contribution in [0.5, 0.6) is 0 Å². The molecule has 2 aromatic rings. The fraction of sp³-hybridized carbons (Fsp3) is 0.467. The van der Waals surface area contributed by atoms with Crippen molar-refractivity contribution < 1.29 is 4.79 Å². The van der Waals surface area contributed by atoms with E-state index >= 15 is 0 Å². The van der Waals surface area contributed by atoms with Crippen molar-refractivity contribution in [2.24, 2.45) is 0 Å². The molecule has 116 valence electrons. The van der Waals surface area contributed by atoms with Gasteiger partial charge in [-0.3, -0.25) is 9.78 Å². The van der Waals surface area contributed by atoms with Gasteiger partial charge in [-0.15, -0.1) is 0 Å². The van der Waals surface area contributed by atoms with Crippen LogP contribution in [0.3, 0.4) is 0 Å². The summed E-state index contributed by atoms with van der Waals surface area (Å²) in [6, 6.07) is 3.83. The number of rotatable bonds is 2. The van der Waals surface area contributed by atoms with E-state index in [1.165, 1.54) is 0 Å². The van der Waals surface area contributed by atoms with Crippen molar-refractivity contribution in [3.05, 3.63) is 28.8 Å². The fourth-order valence-electron chi connectivity index (χ4n) is 2.91. The lowest BCUT2D eigenvalue weighted by atomic mass is 10.1. The number of nitrogens with zero attached hydrogens (tertiary/aromatic N) is 4. The molecule has 1 saturated heterocycles. The first-order valence-electron chi connectivity index (χ1n) is 7.49. The van der Waals surface area contributed by atoms with Gasteiger partial charge >= 0.3 is 5.69 Å². The third-order valence-electron chi connectivity index (χ3n) is 4.04. The summed E-state index contributed by atoms with van der Waals surface area (Å²) >= 11 is 0. The molecule has 1 aliphatic rings. The van der Waals surface area contributed by atoms with E-state index in [1.807, 2.05) is 30.9 Å². The van der Waals surface area contributed by atoms with Crippen LogP contribution < -0.4 is 10.6 Å². The molecule has 0 aromatic carbocycles. The van der Waals surface area contributed by atoms with E-state index in [1.54, 1.807) is 6.20 Å². The smallest absolute Gasteiger partial charge is 0.348 e. The fourth-order valence-corrected chi connectivity index (χ4v) is 2.91. The zero-order valence-electron chi connectivity index (χ0n) is 12.7. The Morgan fingerprint density at radius 2 is 2.27 bits per heavy atom. The maximum atomic E-state index is 11.8. The number of pyridine rings is 1. The summed E-state index contributed by atoms with van der Waals surface area (Å²) in [5, 5.41) is 0.823. The Bertz CT molecular complexity index is 757. The highest BCUT2D eigenvalue weighted by Gasteiger charge is 2.28. The Balaban J connectivity index is 1.95. The van der Waals surface area contributed by atoms with Gasteiger partial charge in [0, 0.05) is 38.3 Å². The van der Waals surface area contributed by atoms with Gasteiger partial charge in [0.05, 0.1) is 5.39 Å². The predicted octanol–water partition coefficient (Wildman–Crippen LogP) is 0.765. The second-order valence-electron chi connectivity index (χ2n) is 5.50. The van der Waals surface area contributed by atoms with E-state index in [0.717, 1.165) is 5.39 Å². The minimum Gasteiger partial charge on any atom is -0.350 e. The Morgan fingerprint density at radius 3 is 3.00 bits per heavy atom. The number of amides is 1. The molecule has 0 spiro atoms. The molecule has 0 radical (unpaired) electrons. The number of aromatic nitrogens is 3. The maximum absolute atomic E-state index is 11.8. The van der Waals surface area contributed by atoms with Gasteiger partial charge < -0.3 is 9.80 Å². The molecule has 3 heterocycles. The molecule has 7 heteroatoms. The van der Waals surface area contributed by atoms with E-state index in [9.17, 15) is 9.59 Å². The van der Waals surface area contributed by atoms with Crippen LogP contribution >= 0.6 is 0 Å². The molecule has 1 atom stereocenters. The Morgan fingerprint density at radius 1 is 1.45 bits per heavy atom. The normalized spacial score (nSPS) is 18.7. The minimum absolute atomic E-state index is 0.0990. The first kappa shape index (κ1) is 14.5. The topological polar surface area (TPSA) is 82.2 Å². The SMILES string of the molecule is CCC(=O)N1CCN(c2nc(=O)[nH]c3ncccc23)[C@@H](C)C1. The molecule has 1 N–H and O–H groups in total. The number of fused-ring (bicyclic) bond motifs is 1. The van der Waals surface area contributed by atoms with Gasteiger partial charge in [0.25, 0.3) is 0 Å². The average Bonchev–Trinajstić information content (AvgIpc) is 2.53. The molecule has 1 aliphatic heterocycles. The number of carbonyl (C=O) groups excluding carboxylic acids is 1. The summed E-state index contributed by atoms with van der Waals surface area (Å²) in [6.07, 6.45) is 2.16. The van der Waals surface area contributed by atoms with Gasteiger partial charge in [-0.05, 0) is 19.1 Å². The first-order chi connectivity index (χ1) is 10.6. The zero-order chi connectivity index (χ0) is 15.7. The molecule has 3 rings (SSSR count). The van der Waals surface area contributed by atoms with Crippen LogP contribution in [0.2, 0.25) is 0 Å². The van der Waals surface area contributed by atoms with Crippen molar-refractivity contribution in [2.75, 3.05) is 24.5 Å². The summed E-state index contributed by atoms with van der Waals surface area (Å²) in [7, 11) is 0. The van der Waals surface area contributed by atoms with Crippen molar-refractivity contribution in [3.63, 3.8) is 0 Å². The number of H-pyrrole nitrogens is 1. The number of carbonyl (C=O) groups is 1. The monoisotopic (exact) mass is 301 g/mol. The largest absolute Gasteiger partial charge is 0.350 e. The number of hydrogen-bond donors (Lipinski definition) is 1. The summed E-state index contributed by atoms with van der Waals surface area (Å²) in [6.45, 7) is 5.86. The third kappa shape index (κ3) is 2.54. The number of piperazine rings is 1. The van der Waals surface area contributed by atoms with Crippen LogP contribution in [-0.2, 0) is 4.79 Å². The Hall–Kier alpha value is -2.44. The Kier molecular flexibility index (Phi) is 3.79. The second-order valence-corrected chi connectivity index (χ2v) is 5.50. The molecule has 0 aliphatic carbocycles. The van der Waals surface area contributed by atoms with E-state index in [0.29, 0.717) is 37.5 Å². The molecule has 22 heavy (non-hydrogen) atoms. The van der Waals surface area contributed by atoms with Gasteiger partial charge in [-0.2, -0.15) is 4.98 Å². The first-order valence-corrected chi connectivity index (χ1v) is 7.49. The van der Waals surface area contributed by atoms with Gasteiger partial charge in [0.2, 0.25) is 5.91 Å². The van der Waals surface area contributed by atoms with Crippen molar-refractivity contribution in [3.8, 4) is 0 Å².